The summed E-state index contributed by atoms with van der Waals surface area (Å²) >= 11 is 0. The van der Waals surface area contributed by atoms with E-state index in [0.717, 1.165) is 25.6 Å². The van der Waals surface area contributed by atoms with Crippen molar-refractivity contribution in [3.05, 3.63) is 35.6 Å². The number of hydrogen-bond donors (Lipinski definition) is 1. The van der Waals surface area contributed by atoms with Gasteiger partial charge in [-0.05, 0) is 48.4 Å². The standard InChI is InChI=1S/C17H26FNO/c1-17(2,3)14-7-9-19(12-14)10-8-16(20)13-5-4-6-15(18)11-13/h4-6,11,14,16,20H,7-10,12H2,1-3H3. The van der Waals surface area contributed by atoms with Gasteiger partial charge in [0.25, 0.3) is 0 Å². The Morgan fingerprint density at radius 3 is 2.75 bits per heavy atom. The van der Waals surface area contributed by atoms with Gasteiger partial charge in [0, 0.05) is 13.1 Å². The molecular weight excluding hydrogens is 253 g/mol. The van der Waals surface area contributed by atoms with Gasteiger partial charge in [-0.3, -0.25) is 0 Å². The van der Waals surface area contributed by atoms with Crippen LogP contribution in [-0.4, -0.2) is 29.6 Å². The van der Waals surface area contributed by atoms with Crippen LogP contribution in [0.2, 0.25) is 0 Å². The molecule has 2 atom stereocenters. The Bertz CT molecular complexity index is 441. The molecule has 2 unspecified atom stereocenters. The molecule has 1 saturated heterocycles. The summed E-state index contributed by atoms with van der Waals surface area (Å²) in [4.78, 5) is 2.42. The average Bonchev–Trinajstić information content (AvgIpc) is 2.84. The molecule has 0 radical (unpaired) electrons. The molecule has 0 saturated carbocycles. The van der Waals surface area contributed by atoms with Crippen LogP contribution in [0.5, 0.6) is 0 Å². The smallest absolute Gasteiger partial charge is 0.123 e. The number of rotatable bonds is 4. The lowest BCUT2D eigenvalue weighted by Gasteiger charge is -2.27. The van der Waals surface area contributed by atoms with Crippen molar-refractivity contribution < 1.29 is 9.50 Å². The Balaban J connectivity index is 1.82. The summed E-state index contributed by atoms with van der Waals surface area (Å²) < 4.78 is 13.1. The maximum Gasteiger partial charge on any atom is 0.123 e. The maximum atomic E-state index is 13.1. The Morgan fingerprint density at radius 2 is 2.15 bits per heavy atom. The van der Waals surface area contributed by atoms with Crippen LogP contribution in [0, 0.1) is 17.2 Å². The number of halogens is 1. The van der Waals surface area contributed by atoms with Crippen molar-refractivity contribution in [2.75, 3.05) is 19.6 Å². The van der Waals surface area contributed by atoms with Crippen molar-refractivity contribution >= 4 is 0 Å². The van der Waals surface area contributed by atoms with Crippen LogP contribution in [0.25, 0.3) is 0 Å². The van der Waals surface area contributed by atoms with Gasteiger partial charge in [0.05, 0.1) is 6.10 Å². The number of likely N-dealkylation sites (tertiary alicyclic amines) is 1. The van der Waals surface area contributed by atoms with Crippen molar-refractivity contribution in [3.8, 4) is 0 Å². The first-order chi connectivity index (χ1) is 9.36. The van der Waals surface area contributed by atoms with Crippen molar-refractivity contribution in [3.63, 3.8) is 0 Å². The van der Waals surface area contributed by atoms with Crippen LogP contribution >= 0.6 is 0 Å². The van der Waals surface area contributed by atoms with Crippen LogP contribution in [0.15, 0.2) is 24.3 Å². The lowest BCUT2D eigenvalue weighted by Crippen LogP contribution is -2.27. The second kappa shape index (κ2) is 6.23. The van der Waals surface area contributed by atoms with Gasteiger partial charge < -0.3 is 10.0 Å². The molecule has 1 aromatic rings. The van der Waals surface area contributed by atoms with Gasteiger partial charge in [0.1, 0.15) is 5.82 Å². The monoisotopic (exact) mass is 279 g/mol. The molecule has 1 aliphatic heterocycles. The van der Waals surface area contributed by atoms with Crippen LogP contribution in [0.4, 0.5) is 4.39 Å². The van der Waals surface area contributed by atoms with Crippen molar-refractivity contribution in [1.82, 2.24) is 4.90 Å². The summed E-state index contributed by atoms with van der Waals surface area (Å²) in [6.45, 7) is 9.98. The highest BCUT2D eigenvalue weighted by Crippen LogP contribution is 2.33. The van der Waals surface area contributed by atoms with Crippen molar-refractivity contribution in [1.29, 1.82) is 0 Å². The zero-order valence-electron chi connectivity index (χ0n) is 12.8. The fourth-order valence-corrected chi connectivity index (χ4v) is 2.93. The number of aliphatic hydroxyl groups excluding tert-OH is 1. The highest BCUT2D eigenvalue weighted by molar-refractivity contribution is 5.18. The minimum Gasteiger partial charge on any atom is -0.388 e. The van der Waals surface area contributed by atoms with Crippen molar-refractivity contribution in [2.45, 2.75) is 39.7 Å². The summed E-state index contributed by atoms with van der Waals surface area (Å²) in [5.74, 6) is 0.448. The van der Waals surface area contributed by atoms with Crippen LogP contribution in [0.1, 0.15) is 45.3 Å². The second-order valence-electron chi connectivity index (χ2n) is 7.01. The van der Waals surface area contributed by atoms with Gasteiger partial charge in [-0.25, -0.2) is 4.39 Å². The molecule has 0 aromatic heterocycles. The number of nitrogens with zero attached hydrogens (tertiary/aromatic N) is 1. The predicted octanol–water partition coefficient (Wildman–Crippen LogP) is 3.62. The largest absolute Gasteiger partial charge is 0.388 e. The van der Waals surface area contributed by atoms with Crippen LogP contribution in [-0.2, 0) is 0 Å². The summed E-state index contributed by atoms with van der Waals surface area (Å²) in [7, 11) is 0. The molecule has 2 nitrogen and oxygen atoms in total. The molecule has 1 aromatic carbocycles. The first-order valence-electron chi connectivity index (χ1n) is 7.52. The molecule has 112 valence electrons. The minimum atomic E-state index is -0.570. The highest BCUT2D eigenvalue weighted by Gasteiger charge is 2.31. The summed E-state index contributed by atoms with van der Waals surface area (Å²) in [6, 6.07) is 6.27. The lowest BCUT2D eigenvalue weighted by molar-refractivity contribution is 0.144. The molecule has 3 heteroatoms. The maximum absolute atomic E-state index is 13.1. The SMILES string of the molecule is CC(C)(C)C1CCN(CCC(O)c2cccc(F)c2)C1. The fraction of sp³-hybridized carbons (Fsp3) is 0.647. The van der Waals surface area contributed by atoms with Crippen LogP contribution < -0.4 is 0 Å². The van der Waals surface area contributed by atoms with Crippen LogP contribution in [0.3, 0.4) is 0 Å². The first-order valence-corrected chi connectivity index (χ1v) is 7.52. The quantitative estimate of drug-likeness (QED) is 0.910. The van der Waals surface area contributed by atoms with E-state index >= 15 is 0 Å². The Labute approximate surface area is 121 Å². The first kappa shape index (κ1) is 15.5. The molecule has 1 aliphatic rings. The molecule has 20 heavy (non-hydrogen) atoms. The summed E-state index contributed by atoms with van der Waals surface area (Å²) in [6.07, 6.45) is 1.33. The minimum absolute atomic E-state index is 0.282. The van der Waals surface area contributed by atoms with E-state index in [2.05, 4.69) is 25.7 Å². The molecule has 0 bridgehead atoms. The molecule has 0 spiro atoms. The van der Waals surface area contributed by atoms with E-state index in [9.17, 15) is 9.50 Å². The van der Waals surface area contributed by atoms with Gasteiger partial charge in [-0.15, -0.1) is 0 Å². The third-order valence-electron chi connectivity index (χ3n) is 4.45. The van der Waals surface area contributed by atoms with E-state index in [1.54, 1.807) is 12.1 Å². The van der Waals surface area contributed by atoms with Gasteiger partial charge in [0.2, 0.25) is 0 Å². The van der Waals surface area contributed by atoms with Crippen molar-refractivity contribution in [2.24, 2.45) is 11.3 Å². The van der Waals surface area contributed by atoms with Gasteiger partial charge in [0.15, 0.2) is 0 Å². The molecular formula is C17H26FNO. The number of hydrogen-bond acceptors (Lipinski definition) is 2. The van der Waals surface area contributed by atoms with Gasteiger partial charge in [-0.2, -0.15) is 0 Å². The molecule has 1 fully saturated rings. The topological polar surface area (TPSA) is 23.5 Å². The van der Waals surface area contributed by atoms with E-state index in [0.29, 0.717) is 17.4 Å². The molecule has 1 N–H and O–H groups in total. The van der Waals surface area contributed by atoms with E-state index in [1.807, 2.05) is 0 Å². The zero-order valence-corrected chi connectivity index (χ0v) is 12.8. The molecule has 2 rings (SSSR count). The van der Waals surface area contributed by atoms with E-state index in [4.69, 9.17) is 0 Å². The molecule has 1 heterocycles. The normalized spacial score (nSPS) is 22.1. The highest BCUT2D eigenvalue weighted by atomic mass is 19.1. The third kappa shape index (κ3) is 4.03. The number of benzene rings is 1. The predicted molar refractivity (Wildman–Crippen MR) is 80.0 cm³/mol. The Kier molecular flexibility index (Phi) is 4.82. The van der Waals surface area contributed by atoms with E-state index in [1.165, 1.54) is 18.6 Å². The molecule has 0 amide bonds. The van der Waals surface area contributed by atoms with Gasteiger partial charge in [-0.1, -0.05) is 32.9 Å². The molecule has 0 aliphatic carbocycles. The van der Waals surface area contributed by atoms with E-state index in [-0.39, 0.29) is 5.82 Å². The second-order valence-corrected chi connectivity index (χ2v) is 7.01. The lowest BCUT2D eigenvalue weighted by atomic mass is 9.80. The third-order valence-corrected chi connectivity index (χ3v) is 4.45. The van der Waals surface area contributed by atoms with Gasteiger partial charge >= 0.3 is 0 Å². The Morgan fingerprint density at radius 1 is 1.40 bits per heavy atom. The zero-order chi connectivity index (χ0) is 14.8. The fourth-order valence-electron chi connectivity index (χ4n) is 2.93. The Hall–Kier alpha value is -0.930. The summed E-state index contributed by atoms with van der Waals surface area (Å²) in [5.41, 5.74) is 1.03. The van der Waals surface area contributed by atoms with E-state index < -0.39 is 6.10 Å². The number of aliphatic hydroxyl groups is 1. The average molecular weight is 279 g/mol. The summed E-state index contributed by atoms with van der Waals surface area (Å²) in [5, 5.41) is 10.1.